The fraction of sp³-hybridized carbons (Fsp3) is 0.214. The molecule has 0 aliphatic rings. The van der Waals surface area contributed by atoms with Crippen LogP contribution in [0.2, 0.25) is 0 Å². The Kier molecular flexibility index (Phi) is 3.10. The van der Waals surface area contributed by atoms with Gasteiger partial charge in [-0.15, -0.1) is 0 Å². The third kappa shape index (κ3) is 1.84. The van der Waals surface area contributed by atoms with E-state index in [0.29, 0.717) is 5.56 Å². The zero-order valence-corrected chi connectivity index (χ0v) is 12.3. The molecule has 0 unspecified atom stereocenters. The summed E-state index contributed by atoms with van der Waals surface area (Å²) in [4.78, 5) is 20.8. The van der Waals surface area contributed by atoms with Crippen molar-refractivity contribution < 1.29 is 4.79 Å². The van der Waals surface area contributed by atoms with E-state index in [-0.39, 0.29) is 5.91 Å². The molecule has 5 nitrogen and oxygen atoms in total. The first kappa shape index (κ1) is 12.9. The zero-order chi connectivity index (χ0) is 14.3. The summed E-state index contributed by atoms with van der Waals surface area (Å²) in [5.74, 6) is -0.0888. The molecule has 0 spiro atoms. The van der Waals surface area contributed by atoms with Crippen LogP contribution in [-0.4, -0.2) is 33.7 Å². The van der Waals surface area contributed by atoms with Crippen molar-refractivity contribution in [1.29, 1.82) is 0 Å². The van der Waals surface area contributed by atoms with E-state index >= 15 is 0 Å². The molecule has 0 aliphatic heterocycles. The van der Waals surface area contributed by atoms with Crippen LogP contribution >= 0.6 is 11.8 Å². The number of nitrogens with zero attached hydrogens (tertiary/aromatic N) is 3. The second-order valence-corrected chi connectivity index (χ2v) is 5.26. The average Bonchev–Trinajstić information content (AvgIpc) is 2.83. The number of carbonyl (C=O) groups is 1. The highest BCUT2D eigenvalue weighted by molar-refractivity contribution is 7.98. The molecule has 0 radical (unpaired) electrons. The number of carbonyl (C=O) groups excluding carboxylic acids is 1. The van der Waals surface area contributed by atoms with Gasteiger partial charge in [0.05, 0.1) is 16.6 Å². The molecule has 0 fully saturated rings. The van der Waals surface area contributed by atoms with Crippen LogP contribution in [0.4, 0.5) is 0 Å². The van der Waals surface area contributed by atoms with Crippen molar-refractivity contribution in [3.63, 3.8) is 0 Å². The summed E-state index contributed by atoms with van der Waals surface area (Å²) in [6.45, 7) is 0. The molecule has 0 aliphatic carbocycles. The first-order valence-corrected chi connectivity index (χ1v) is 7.39. The van der Waals surface area contributed by atoms with Gasteiger partial charge >= 0.3 is 0 Å². The maximum Gasteiger partial charge on any atom is 0.253 e. The molecule has 3 rings (SSSR count). The summed E-state index contributed by atoms with van der Waals surface area (Å²) < 4.78 is 1.94. The molecule has 3 aromatic rings. The number of fused-ring (bicyclic) bond motifs is 3. The molecule has 2 aromatic heterocycles. The van der Waals surface area contributed by atoms with E-state index in [1.54, 1.807) is 7.05 Å². The second kappa shape index (κ2) is 4.79. The van der Waals surface area contributed by atoms with Crippen LogP contribution in [0.1, 0.15) is 10.4 Å². The number of benzene rings is 1. The van der Waals surface area contributed by atoms with Crippen LogP contribution in [0, 0.1) is 0 Å². The topological polar surface area (TPSA) is 59.8 Å². The summed E-state index contributed by atoms with van der Waals surface area (Å²) in [7, 11) is 3.56. The third-order valence-electron chi connectivity index (χ3n) is 3.32. The van der Waals surface area contributed by atoms with Crippen LogP contribution in [0.5, 0.6) is 0 Å². The van der Waals surface area contributed by atoms with E-state index in [0.717, 1.165) is 27.0 Å². The molecule has 1 amide bonds. The zero-order valence-electron chi connectivity index (χ0n) is 11.5. The number of aryl methyl sites for hydroxylation is 1. The van der Waals surface area contributed by atoms with Crippen molar-refractivity contribution in [2.24, 2.45) is 7.05 Å². The Morgan fingerprint density at radius 2 is 2.20 bits per heavy atom. The average molecular weight is 286 g/mol. The lowest BCUT2D eigenvalue weighted by Crippen LogP contribution is -2.17. The van der Waals surface area contributed by atoms with Gasteiger partial charge in [0.25, 0.3) is 5.91 Å². The molecule has 0 atom stereocenters. The molecule has 1 N–H and O–H groups in total. The molecular formula is C14H14N4OS. The van der Waals surface area contributed by atoms with Gasteiger partial charge in [-0.25, -0.2) is 9.97 Å². The molecule has 2 heterocycles. The summed E-state index contributed by atoms with van der Waals surface area (Å²) in [5, 5.41) is 5.28. The first-order chi connectivity index (χ1) is 9.65. The molecule has 0 saturated carbocycles. The summed E-state index contributed by atoms with van der Waals surface area (Å²) in [6, 6.07) is 3.90. The smallest absolute Gasteiger partial charge is 0.253 e. The highest BCUT2D eigenvalue weighted by Gasteiger charge is 2.15. The second-order valence-electron chi connectivity index (χ2n) is 4.49. The van der Waals surface area contributed by atoms with Gasteiger partial charge in [0.15, 0.2) is 5.16 Å². The maximum atomic E-state index is 11.9. The fourth-order valence-corrected chi connectivity index (χ4v) is 2.72. The quantitative estimate of drug-likeness (QED) is 0.579. The van der Waals surface area contributed by atoms with Crippen LogP contribution < -0.4 is 5.32 Å². The van der Waals surface area contributed by atoms with Crippen molar-refractivity contribution >= 4 is 39.5 Å². The van der Waals surface area contributed by atoms with Gasteiger partial charge in [-0.05, 0) is 6.26 Å². The molecule has 20 heavy (non-hydrogen) atoms. The summed E-state index contributed by atoms with van der Waals surface area (Å²) in [5.41, 5.74) is 2.49. The number of amides is 1. The van der Waals surface area contributed by atoms with Crippen LogP contribution in [0.15, 0.2) is 29.7 Å². The van der Waals surface area contributed by atoms with E-state index in [4.69, 9.17) is 0 Å². The maximum absolute atomic E-state index is 11.9. The lowest BCUT2D eigenvalue weighted by Gasteiger charge is -2.03. The van der Waals surface area contributed by atoms with Gasteiger partial charge in [-0.2, -0.15) is 0 Å². The first-order valence-electron chi connectivity index (χ1n) is 6.16. The lowest BCUT2D eigenvalue weighted by atomic mass is 10.1. The SMILES string of the molecule is CNC(=O)c1cn(C)c2c1ccc1cnc(SC)nc12. The predicted octanol–water partition coefficient (Wildman–Crippen LogP) is 2.20. The molecule has 0 saturated heterocycles. The number of nitrogens with one attached hydrogen (secondary N) is 1. The van der Waals surface area contributed by atoms with Gasteiger partial charge < -0.3 is 9.88 Å². The lowest BCUT2D eigenvalue weighted by molar-refractivity contribution is 0.0964. The minimum atomic E-state index is -0.0888. The van der Waals surface area contributed by atoms with Gasteiger partial charge in [0, 0.05) is 37.3 Å². The molecule has 0 bridgehead atoms. The Bertz CT molecular complexity index is 825. The van der Waals surface area contributed by atoms with Crippen LogP contribution in [0.3, 0.4) is 0 Å². The number of hydrogen-bond donors (Lipinski definition) is 1. The largest absolute Gasteiger partial charge is 0.355 e. The number of rotatable bonds is 2. The summed E-state index contributed by atoms with van der Waals surface area (Å²) >= 11 is 1.50. The van der Waals surface area contributed by atoms with Crippen LogP contribution in [-0.2, 0) is 7.05 Å². The van der Waals surface area contributed by atoms with E-state index in [1.807, 2.05) is 42.4 Å². The fourth-order valence-electron chi connectivity index (χ4n) is 2.38. The van der Waals surface area contributed by atoms with E-state index in [1.165, 1.54) is 11.8 Å². The Hall–Kier alpha value is -2.08. The highest BCUT2D eigenvalue weighted by atomic mass is 32.2. The predicted molar refractivity (Wildman–Crippen MR) is 81.2 cm³/mol. The molecule has 102 valence electrons. The van der Waals surface area contributed by atoms with E-state index in [2.05, 4.69) is 15.3 Å². The Morgan fingerprint density at radius 3 is 2.90 bits per heavy atom. The van der Waals surface area contributed by atoms with Crippen molar-refractivity contribution in [2.75, 3.05) is 13.3 Å². The van der Waals surface area contributed by atoms with E-state index < -0.39 is 0 Å². The normalized spacial score (nSPS) is 11.2. The van der Waals surface area contributed by atoms with Crippen LogP contribution in [0.25, 0.3) is 21.8 Å². The highest BCUT2D eigenvalue weighted by Crippen LogP contribution is 2.28. The Balaban J connectivity index is 2.41. The van der Waals surface area contributed by atoms with E-state index in [9.17, 15) is 4.79 Å². The van der Waals surface area contributed by atoms with Gasteiger partial charge in [0.1, 0.15) is 0 Å². The minimum absolute atomic E-state index is 0.0888. The van der Waals surface area contributed by atoms with Crippen molar-refractivity contribution in [3.8, 4) is 0 Å². The Morgan fingerprint density at radius 1 is 1.40 bits per heavy atom. The van der Waals surface area contributed by atoms with Gasteiger partial charge in [0.2, 0.25) is 0 Å². The minimum Gasteiger partial charge on any atom is -0.355 e. The van der Waals surface area contributed by atoms with Gasteiger partial charge in [-0.1, -0.05) is 23.9 Å². The standard InChI is InChI=1S/C14H14N4OS/c1-15-13(19)10-7-18(2)12-9(10)5-4-8-6-16-14(20-3)17-11(8)12/h4-7H,1-3H3,(H,15,19). The van der Waals surface area contributed by atoms with Gasteiger partial charge in [-0.3, -0.25) is 4.79 Å². The molecule has 1 aromatic carbocycles. The molecular weight excluding hydrogens is 272 g/mol. The Labute approximate surface area is 120 Å². The van der Waals surface area contributed by atoms with Crippen molar-refractivity contribution in [3.05, 3.63) is 30.1 Å². The van der Waals surface area contributed by atoms with Crippen molar-refractivity contribution in [2.45, 2.75) is 5.16 Å². The van der Waals surface area contributed by atoms with Crippen molar-refractivity contribution in [1.82, 2.24) is 19.9 Å². The summed E-state index contributed by atoms with van der Waals surface area (Å²) in [6.07, 6.45) is 5.60. The number of thioether (sulfide) groups is 1. The number of aromatic nitrogens is 3. The molecule has 6 heteroatoms. The third-order valence-corrected chi connectivity index (χ3v) is 3.89. The number of hydrogen-bond acceptors (Lipinski definition) is 4. The monoisotopic (exact) mass is 286 g/mol.